The van der Waals surface area contributed by atoms with Crippen LogP contribution in [0.4, 0.5) is 5.69 Å². The van der Waals surface area contributed by atoms with Gasteiger partial charge in [0.15, 0.2) is 0 Å². The van der Waals surface area contributed by atoms with E-state index in [4.69, 9.17) is 22.1 Å². The Labute approximate surface area is 298 Å². The lowest BCUT2D eigenvalue weighted by atomic mass is 10.0. The summed E-state index contributed by atoms with van der Waals surface area (Å²) >= 11 is 6.02. The minimum atomic E-state index is -3.82. The summed E-state index contributed by atoms with van der Waals surface area (Å²) in [5.41, 5.74) is 7.83. The van der Waals surface area contributed by atoms with Crippen LogP contribution < -0.4 is 21.1 Å². The molecule has 14 heteroatoms. The number of hydrogen-bond donors (Lipinski definition) is 4. The second-order valence-electron chi connectivity index (χ2n) is 12.3. The van der Waals surface area contributed by atoms with Crippen LogP contribution in [0.1, 0.15) is 43.2 Å². The van der Waals surface area contributed by atoms with Crippen LogP contribution in [0, 0.1) is 0 Å². The zero-order valence-corrected chi connectivity index (χ0v) is 29.5. The Balaban J connectivity index is 1.56. The fourth-order valence-electron chi connectivity index (χ4n) is 5.75. The Hall–Kier alpha value is -4.14. The number of carbonyl (C=O) groups excluding carboxylic acids is 4. The molecule has 4 atom stereocenters. The maximum atomic E-state index is 14.2. The van der Waals surface area contributed by atoms with E-state index in [0.29, 0.717) is 36.5 Å². The molecule has 5 N–H and O–H groups in total. The number of sulfonamides is 1. The summed E-state index contributed by atoms with van der Waals surface area (Å²) in [7, 11) is -3.82. The fraction of sp³-hybridized carbons (Fsp3) is 0.389. The average Bonchev–Trinajstić information content (AvgIpc) is 3.54. The first-order chi connectivity index (χ1) is 23.9. The predicted molar refractivity (Wildman–Crippen MR) is 192 cm³/mol. The van der Waals surface area contributed by atoms with E-state index in [1.165, 1.54) is 4.90 Å². The van der Waals surface area contributed by atoms with Crippen LogP contribution in [0.2, 0.25) is 5.02 Å². The van der Waals surface area contributed by atoms with Crippen molar-refractivity contribution in [3.05, 3.63) is 101 Å². The van der Waals surface area contributed by atoms with Crippen molar-refractivity contribution in [2.24, 2.45) is 5.73 Å². The van der Waals surface area contributed by atoms with Gasteiger partial charge in [0.05, 0.1) is 25.0 Å². The van der Waals surface area contributed by atoms with Crippen molar-refractivity contribution in [2.75, 3.05) is 24.7 Å². The van der Waals surface area contributed by atoms with Crippen LogP contribution in [0.3, 0.4) is 0 Å². The number of ether oxygens (including phenoxy) is 1. The third kappa shape index (κ3) is 12.0. The van der Waals surface area contributed by atoms with Gasteiger partial charge in [-0.3, -0.25) is 19.2 Å². The minimum absolute atomic E-state index is 0.00192. The summed E-state index contributed by atoms with van der Waals surface area (Å²) in [6.45, 7) is 0.537. The van der Waals surface area contributed by atoms with Gasteiger partial charge in [0, 0.05) is 23.7 Å². The van der Waals surface area contributed by atoms with Gasteiger partial charge in [0.2, 0.25) is 27.6 Å². The third-order valence-corrected chi connectivity index (χ3v) is 9.27. The molecule has 3 aromatic rings. The molecule has 1 fully saturated rings. The molecular formula is C36H44ClN5O7S. The quantitative estimate of drug-likeness (QED) is 0.114. The average molecular weight is 726 g/mol. The molecular weight excluding hydrogens is 682 g/mol. The molecule has 1 heterocycles. The Morgan fingerprint density at radius 3 is 2.20 bits per heavy atom. The minimum Gasteiger partial charge on any atom is -0.372 e. The lowest BCUT2D eigenvalue weighted by molar-refractivity contribution is -0.141. The van der Waals surface area contributed by atoms with Crippen molar-refractivity contribution in [3.63, 3.8) is 0 Å². The molecule has 12 nitrogen and oxygen atoms in total. The Morgan fingerprint density at radius 1 is 0.900 bits per heavy atom. The van der Waals surface area contributed by atoms with Crippen molar-refractivity contribution in [1.29, 1.82) is 0 Å². The van der Waals surface area contributed by atoms with Gasteiger partial charge in [0.1, 0.15) is 12.1 Å². The largest absolute Gasteiger partial charge is 0.372 e. The first-order valence-electron chi connectivity index (χ1n) is 16.5. The van der Waals surface area contributed by atoms with E-state index < -0.39 is 57.8 Å². The van der Waals surface area contributed by atoms with Gasteiger partial charge in [0.25, 0.3) is 5.91 Å². The number of nitrogens with two attached hydrogens (primary N) is 1. The number of halogens is 1. The standard InChI is InChI=1S/C36H44ClN5O7S/c1-50(47,48)41-31(20-17-25-10-4-2-5-11-25)36(46)42-23-29(49-24-26-15-18-27(37)19-16-26)22-32(42)34(44)40-30(14-8-9-21-38)33(43)35(45)39-28-12-6-3-7-13-28/h2-7,10-13,15-16,18-19,29-32,41H,8-9,14,17,20-24,38H2,1H3,(H,39,45)(H,40,44)/t29-,30+,31-,32+/m1/s1. The van der Waals surface area contributed by atoms with Crippen LogP contribution >= 0.6 is 11.6 Å². The maximum absolute atomic E-state index is 14.2. The van der Waals surface area contributed by atoms with Gasteiger partial charge >= 0.3 is 0 Å². The lowest BCUT2D eigenvalue weighted by Gasteiger charge is -2.29. The molecule has 3 amide bonds. The van der Waals surface area contributed by atoms with Crippen molar-refractivity contribution >= 4 is 50.8 Å². The number of nitrogens with one attached hydrogen (secondary N) is 3. The molecule has 0 bridgehead atoms. The highest BCUT2D eigenvalue weighted by molar-refractivity contribution is 7.88. The first kappa shape index (κ1) is 38.7. The van der Waals surface area contributed by atoms with E-state index in [1.807, 2.05) is 30.3 Å². The number of hydrogen-bond acceptors (Lipinski definition) is 8. The van der Waals surface area contributed by atoms with E-state index in [0.717, 1.165) is 17.4 Å². The summed E-state index contributed by atoms with van der Waals surface area (Å²) in [5, 5.41) is 5.85. The summed E-state index contributed by atoms with van der Waals surface area (Å²) in [6.07, 6.45) is 2.17. The number of amides is 3. The summed E-state index contributed by atoms with van der Waals surface area (Å²) in [4.78, 5) is 55.8. The van der Waals surface area contributed by atoms with Crippen LogP contribution in [-0.4, -0.2) is 80.4 Å². The number of Topliss-reactive ketones (excluding diaryl/α,β-unsaturated/α-hetero) is 1. The number of unbranched alkanes of at least 4 members (excludes halogenated alkanes) is 1. The number of anilines is 1. The normalized spacial score (nSPS) is 17.1. The van der Waals surface area contributed by atoms with Crippen molar-refractivity contribution in [2.45, 2.75) is 69.4 Å². The van der Waals surface area contributed by atoms with Crippen molar-refractivity contribution < 1.29 is 32.3 Å². The number of benzene rings is 3. The second-order valence-corrected chi connectivity index (χ2v) is 14.5. The Kier molecular flexibility index (Phi) is 14.5. The van der Waals surface area contributed by atoms with Crippen LogP contribution in [0.5, 0.6) is 0 Å². The van der Waals surface area contributed by atoms with Crippen LogP contribution in [0.25, 0.3) is 0 Å². The molecule has 1 saturated heterocycles. The second kappa shape index (κ2) is 18.7. The maximum Gasteiger partial charge on any atom is 0.293 e. The summed E-state index contributed by atoms with van der Waals surface area (Å²) in [6, 6.07) is 21.4. The highest BCUT2D eigenvalue weighted by Crippen LogP contribution is 2.25. The summed E-state index contributed by atoms with van der Waals surface area (Å²) in [5.74, 6) is -2.99. The number of nitrogens with zero attached hydrogens (tertiary/aromatic N) is 1. The molecule has 0 unspecified atom stereocenters. The SMILES string of the molecule is CS(=O)(=O)N[C@H](CCc1ccccc1)C(=O)N1C[C@H](OCc2ccc(Cl)cc2)C[C@H]1C(=O)N[C@@H](CCCCN)C(=O)C(=O)Nc1ccccc1. The van der Waals surface area contributed by atoms with E-state index in [2.05, 4.69) is 15.4 Å². The molecule has 3 aromatic carbocycles. The molecule has 1 aliphatic heterocycles. The van der Waals surface area contributed by atoms with Crippen molar-refractivity contribution in [3.8, 4) is 0 Å². The molecule has 0 saturated carbocycles. The van der Waals surface area contributed by atoms with E-state index in [9.17, 15) is 27.6 Å². The Bertz CT molecular complexity index is 1690. The molecule has 1 aliphatic rings. The van der Waals surface area contributed by atoms with Gasteiger partial charge in [-0.05, 0) is 74.0 Å². The zero-order chi connectivity index (χ0) is 36.1. The zero-order valence-electron chi connectivity index (χ0n) is 27.9. The molecule has 4 rings (SSSR count). The molecule has 268 valence electrons. The van der Waals surface area contributed by atoms with Crippen LogP contribution in [-0.2, 0) is 47.0 Å². The van der Waals surface area contributed by atoms with Gasteiger partial charge < -0.3 is 26.0 Å². The third-order valence-electron chi connectivity index (χ3n) is 8.30. The van der Waals surface area contributed by atoms with Crippen molar-refractivity contribution in [1.82, 2.24) is 14.9 Å². The predicted octanol–water partition coefficient (Wildman–Crippen LogP) is 3.20. The van der Waals surface area contributed by atoms with E-state index in [-0.39, 0.29) is 32.4 Å². The number of likely N-dealkylation sites (tertiary alicyclic amines) is 1. The Morgan fingerprint density at radius 2 is 1.56 bits per heavy atom. The number of para-hydroxylation sites is 1. The lowest BCUT2D eigenvalue weighted by Crippen LogP contribution is -2.56. The highest BCUT2D eigenvalue weighted by atomic mass is 35.5. The molecule has 0 spiro atoms. The summed E-state index contributed by atoms with van der Waals surface area (Å²) < 4.78 is 33.4. The highest BCUT2D eigenvalue weighted by Gasteiger charge is 2.43. The van der Waals surface area contributed by atoms with Gasteiger partial charge in [-0.2, -0.15) is 0 Å². The van der Waals surface area contributed by atoms with Crippen LogP contribution in [0.15, 0.2) is 84.9 Å². The van der Waals surface area contributed by atoms with Gasteiger partial charge in [-0.25, -0.2) is 13.1 Å². The molecule has 0 aromatic heterocycles. The molecule has 50 heavy (non-hydrogen) atoms. The van der Waals surface area contributed by atoms with Gasteiger partial charge in [-0.1, -0.05) is 72.3 Å². The molecule has 0 aliphatic carbocycles. The topological polar surface area (TPSA) is 177 Å². The number of rotatable bonds is 18. The van der Waals surface area contributed by atoms with Gasteiger partial charge in [-0.15, -0.1) is 0 Å². The number of carbonyl (C=O) groups is 4. The smallest absolute Gasteiger partial charge is 0.293 e. The van der Waals surface area contributed by atoms with E-state index >= 15 is 0 Å². The first-order valence-corrected chi connectivity index (χ1v) is 18.8. The number of aryl methyl sites for hydroxylation is 1. The number of ketones is 1. The molecule has 0 radical (unpaired) electrons. The monoisotopic (exact) mass is 725 g/mol. The fourth-order valence-corrected chi connectivity index (χ4v) is 6.62. The van der Waals surface area contributed by atoms with E-state index in [1.54, 1.807) is 54.6 Å².